The van der Waals surface area contributed by atoms with E-state index >= 15 is 0 Å². The zero-order chi connectivity index (χ0) is 23.1. The molecule has 172 valence electrons. The number of hydrogen-bond donors (Lipinski definition) is 0. The van der Waals surface area contributed by atoms with Crippen LogP contribution >= 0.6 is 0 Å². The molecule has 5 nitrogen and oxygen atoms in total. The number of pyridine rings is 1. The lowest BCUT2D eigenvalue weighted by atomic mass is 9.90. The highest BCUT2D eigenvalue weighted by molar-refractivity contribution is 6.20. The van der Waals surface area contributed by atoms with Crippen molar-refractivity contribution >= 4 is 22.4 Å². The van der Waals surface area contributed by atoms with Gasteiger partial charge in [0.2, 0.25) is 5.91 Å². The van der Waals surface area contributed by atoms with Crippen LogP contribution in [0.3, 0.4) is 0 Å². The normalized spacial score (nSPS) is 17.9. The molecule has 0 spiro atoms. The third kappa shape index (κ3) is 5.63. The molecular formula is C27H37N3O2. The van der Waals surface area contributed by atoms with E-state index in [9.17, 15) is 4.79 Å². The van der Waals surface area contributed by atoms with Crippen LogP contribution in [0.2, 0.25) is 0 Å². The first-order valence-electron chi connectivity index (χ1n) is 11.8. The SMILES string of the molecule is CC1CCOCC1.CCc1cncc2c(C(=NC)C3=C(C)CCN(C(C)=O)C3)cccc12. The number of fused-ring (bicyclic) bond motifs is 1. The molecule has 1 saturated heterocycles. The third-order valence-electron chi connectivity index (χ3n) is 6.61. The van der Waals surface area contributed by atoms with E-state index in [1.54, 1.807) is 6.92 Å². The lowest BCUT2D eigenvalue weighted by Gasteiger charge is -2.30. The number of nitrogens with zero attached hydrogens (tertiary/aromatic N) is 3. The lowest BCUT2D eigenvalue weighted by molar-refractivity contribution is -0.128. The van der Waals surface area contributed by atoms with Gasteiger partial charge in [0, 0.05) is 63.6 Å². The summed E-state index contributed by atoms with van der Waals surface area (Å²) in [6, 6.07) is 6.35. The number of aryl methyl sites for hydroxylation is 1. The van der Waals surface area contributed by atoms with Crippen molar-refractivity contribution in [1.82, 2.24) is 9.88 Å². The molecule has 1 amide bonds. The van der Waals surface area contributed by atoms with Gasteiger partial charge in [-0.05, 0) is 55.0 Å². The molecule has 1 aromatic heterocycles. The molecular weight excluding hydrogens is 398 g/mol. The maximum absolute atomic E-state index is 11.8. The minimum absolute atomic E-state index is 0.119. The monoisotopic (exact) mass is 435 g/mol. The highest BCUT2D eigenvalue weighted by Gasteiger charge is 2.23. The average Bonchev–Trinajstić information content (AvgIpc) is 2.81. The number of aliphatic imine (C=N–C) groups is 1. The van der Waals surface area contributed by atoms with Crippen LogP contribution in [0.25, 0.3) is 10.8 Å². The molecule has 0 aliphatic carbocycles. The minimum Gasteiger partial charge on any atom is -0.381 e. The van der Waals surface area contributed by atoms with Crippen molar-refractivity contribution in [2.45, 2.75) is 53.4 Å². The summed E-state index contributed by atoms with van der Waals surface area (Å²) in [4.78, 5) is 22.8. The highest BCUT2D eigenvalue weighted by Crippen LogP contribution is 2.28. The van der Waals surface area contributed by atoms with Crippen molar-refractivity contribution in [3.8, 4) is 0 Å². The first-order chi connectivity index (χ1) is 15.5. The van der Waals surface area contributed by atoms with Crippen LogP contribution in [0.4, 0.5) is 0 Å². The van der Waals surface area contributed by atoms with Gasteiger partial charge in [0.15, 0.2) is 0 Å². The quantitative estimate of drug-likeness (QED) is 0.621. The summed E-state index contributed by atoms with van der Waals surface area (Å²) in [6.45, 7) is 11.6. The molecule has 5 heteroatoms. The van der Waals surface area contributed by atoms with Gasteiger partial charge >= 0.3 is 0 Å². The van der Waals surface area contributed by atoms with Gasteiger partial charge in [-0.2, -0.15) is 0 Å². The van der Waals surface area contributed by atoms with Crippen LogP contribution in [0, 0.1) is 5.92 Å². The molecule has 0 N–H and O–H groups in total. The standard InChI is InChI=1S/C21H25N3O.C6H12O/c1-5-16-11-23-12-19-17(16)7-6-8-18(19)21(22-4)20-13-24(15(3)25)10-9-14(20)2;1-6-2-4-7-5-3-6/h6-8,11-12H,5,9-10,13H2,1-4H3;6H,2-5H2,1H3. The topological polar surface area (TPSA) is 54.8 Å². The van der Waals surface area contributed by atoms with Crippen LogP contribution in [0.5, 0.6) is 0 Å². The summed E-state index contributed by atoms with van der Waals surface area (Å²) < 4.78 is 5.14. The summed E-state index contributed by atoms with van der Waals surface area (Å²) in [5, 5.41) is 2.36. The second-order valence-corrected chi connectivity index (χ2v) is 8.87. The van der Waals surface area contributed by atoms with E-state index in [4.69, 9.17) is 4.74 Å². The molecule has 1 aromatic carbocycles. The third-order valence-corrected chi connectivity index (χ3v) is 6.61. The van der Waals surface area contributed by atoms with Crippen molar-refractivity contribution in [3.05, 3.63) is 52.9 Å². The Morgan fingerprint density at radius 2 is 1.97 bits per heavy atom. The average molecular weight is 436 g/mol. The molecule has 2 aliphatic heterocycles. The van der Waals surface area contributed by atoms with Crippen LogP contribution in [0.1, 0.15) is 58.1 Å². The van der Waals surface area contributed by atoms with E-state index < -0.39 is 0 Å². The number of hydrogen-bond acceptors (Lipinski definition) is 4. The number of aromatic nitrogens is 1. The fourth-order valence-corrected chi connectivity index (χ4v) is 4.38. The molecule has 0 saturated carbocycles. The van der Waals surface area contributed by atoms with Gasteiger partial charge in [-0.25, -0.2) is 0 Å². The maximum Gasteiger partial charge on any atom is 0.219 e. The van der Waals surface area contributed by atoms with E-state index in [0.717, 1.165) is 55.2 Å². The molecule has 32 heavy (non-hydrogen) atoms. The number of carbonyl (C=O) groups is 1. The molecule has 0 radical (unpaired) electrons. The summed E-state index contributed by atoms with van der Waals surface area (Å²) in [5.41, 5.74) is 5.80. The van der Waals surface area contributed by atoms with Crippen LogP contribution in [0.15, 0.2) is 46.7 Å². The summed E-state index contributed by atoms with van der Waals surface area (Å²) >= 11 is 0. The minimum atomic E-state index is 0.119. The van der Waals surface area contributed by atoms with Gasteiger partial charge in [0.1, 0.15) is 0 Å². The number of amides is 1. The first kappa shape index (κ1) is 24.1. The summed E-state index contributed by atoms with van der Waals surface area (Å²) in [7, 11) is 1.83. The maximum atomic E-state index is 11.8. The Hall–Kier alpha value is -2.53. The summed E-state index contributed by atoms with van der Waals surface area (Å²) in [6.07, 6.45) is 8.25. The van der Waals surface area contributed by atoms with Crippen molar-refractivity contribution in [2.75, 3.05) is 33.4 Å². The van der Waals surface area contributed by atoms with Gasteiger partial charge in [-0.1, -0.05) is 37.6 Å². The fourth-order valence-electron chi connectivity index (χ4n) is 4.38. The second-order valence-electron chi connectivity index (χ2n) is 8.87. The van der Waals surface area contributed by atoms with Crippen LogP contribution in [-0.4, -0.2) is 54.9 Å². The fraction of sp³-hybridized carbons (Fsp3) is 0.519. The molecule has 0 unspecified atom stereocenters. The Morgan fingerprint density at radius 3 is 2.56 bits per heavy atom. The molecule has 0 bridgehead atoms. The molecule has 1 fully saturated rings. The smallest absolute Gasteiger partial charge is 0.219 e. The molecule has 2 aromatic rings. The Balaban J connectivity index is 0.000000352. The predicted octanol–water partition coefficient (Wildman–Crippen LogP) is 5.22. The Labute approximate surface area is 192 Å². The van der Waals surface area contributed by atoms with Gasteiger partial charge in [0.05, 0.1) is 5.71 Å². The number of carbonyl (C=O) groups excluding carboxylic acids is 1. The zero-order valence-electron chi connectivity index (χ0n) is 20.3. The van der Waals surface area contributed by atoms with Gasteiger partial charge < -0.3 is 9.64 Å². The number of rotatable bonds is 3. The molecule has 0 atom stereocenters. The van der Waals surface area contributed by atoms with Crippen molar-refractivity contribution in [3.63, 3.8) is 0 Å². The van der Waals surface area contributed by atoms with Crippen molar-refractivity contribution in [2.24, 2.45) is 10.9 Å². The molecule has 4 rings (SSSR count). The predicted molar refractivity (Wildman–Crippen MR) is 132 cm³/mol. The Morgan fingerprint density at radius 1 is 1.22 bits per heavy atom. The van der Waals surface area contributed by atoms with Crippen molar-refractivity contribution in [1.29, 1.82) is 0 Å². The number of ether oxygens (including phenoxy) is 1. The second kappa shape index (κ2) is 11.4. The van der Waals surface area contributed by atoms with E-state index in [1.807, 2.05) is 24.3 Å². The van der Waals surface area contributed by atoms with E-state index in [0.29, 0.717) is 6.54 Å². The van der Waals surface area contributed by atoms with Crippen molar-refractivity contribution < 1.29 is 9.53 Å². The van der Waals surface area contributed by atoms with E-state index in [-0.39, 0.29) is 5.91 Å². The first-order valence-corrected chi connectivity index (χ1v) is 11.8. The highest BCUT2D eigenvalue weighted by atomic mass is 16.5. The number of benzene rings is 1. The van der Waals surface area contributed by atoms with Gasteiger partial charge in [-0.3, -0.25) is 14.8 Å². The van der Waals surface area contributed by atoms with E-state index in [1.165, 1.54) is 34.9 Å². The largest absolute Gasteiger partial charge is 0.381 e. The Bertz CT molecular complexity index is 1000. The van der Waals surface area contributed by atoms with Gasteiger partial charge in [0.25, 0.3) is 0 Å². The van der Waals surface area contributed by atoms with Crippen LogP contribution in [-0.2, 0) is 16.0 Å². The lowest BCUT2D eigenvalue weighted by Crippen LogP contribution is -2.37. The Kier molecular flexibility index (Phi) is 8.57. The van der Waals surface area contributed by atoms with E-state index in [2.05, 4.69) is 48.9 Å². The zero-order valence-corrected chi connectivity index (χ0v) is 20.3. The van der Waals surface area contributed by atoms with Gasteiger partial charge in [-0.15, -0.1) is 0 Å². The van der Waals surface area contributed by atoms with Crippen LogP contribution < -0.4 is 0 Å². The molecule has 3 heterocycles. The summed E-state index contributed by atoms with van der Waals surface area (Å²) in [5.74, 6) is 1.03. The molecule has 2 aliphatic rings.